The van der Waals surface area contributed by atoms with Crippen molar-refractivity contribution in [2.24, 2.45) is 11.8 Å². The van der Waals surface area contributed by atoms with E-state index < -0.39 is 4.92 Å². The predicted octanol–water partition coefficient (Wildman–Crippen LogP) is 3.01. The van der Waals surface area contributed by atoms with Gasteiger partial charge in [-0.25, -0.2) is 0 Å². The number of nitro groups is 1. The fourth-order valence-electron chi connectivity index (χ4n) is 3.44. The highest BCUT2D eigenvalue weighted by molar-refractivity contribution is 5.79. The molecule has 0 aromatic heterocycles. The summed E-state index contributed by atoms with van der Waals surface area (Å²) in [6.07, 6.45) is 2.44. The molecule has 0 spiro atoms. The van der Waals surface area contributed by atoms with Crippen LogP contribution in [0, 0.1) is 22.0 Å². The number of likely N-dealkylation sites (tertiary alicyclic amines) is 1. The van der Waals surface area contributed by atoms with E-state index in [2.05, 4.69) is 31.0 Å². The van der Waals surface area contributed by atoms with Crippen molar-refractivity contribution in [3.63, 3.8) is 0 Å². The summed E-state index contributed by atoms with van der Waals surface area (Å²) in [5.41, 5.74) is 0.459. The molecule has 0 bridgehead atoms. The first-order valence-electron chi connectivity index (χ1n) is 9.11. The third kappa shape index (κ3) is 5.53. The Bertz CT molecular complexity index is 595. The molecular formula is C19H29N3O3. The molecule has 1 aromatic carbocycles. The van der Waals surface area contributed by atoms with Gasteiger partial charge in [-0.05, 0) is 37.8 Å². The van der Waals surface area contributed by atoms with E-state index in [0.29, 0.717) is 24.1 Å². The minimum absolute atomic E-state index is 0.00285. The van der Waals surface area contributed by atoms with Crippen molar-refractivity contribution in [1.29, 1.82) is 0 Å². The number of amides is 1. The maximum absolute atomic E-state index is 12.3. The van der Waals surface area contributed by atoms with Crippen LogP contribution in [-0.4, -0.2) is 41.4 Å². The molecule has 0 aliphatic carbocycles. The molecule has 1 heterocycles. The molecule has 2 rings (SSSR count). The van der Waals surface area contributed by atoms with E-state index in [4.69, 9.17) is 0 Å². The number of nitrogens with one attached hydrogen (secondary N) is 1. The van der Waals surface area contributed by atoms with Gasteiger partial charge in [0.25, 0.3) is 5.69 Å². The summed E-state index contributed by atoms with van der Waals surface area (Å²) in [6, 6.07) is 6.73. The topological polar surface area (TPSA) is 75.5 Å². The van der Waals surface area contributed by atoms with Crippen LogP contribution in [0.4, 0.5) is 5.69 Å². The molecule has 1 fully saturated rings. The first kappa shape index (κ1) is 19.4. The third-order valence-corrected chi connectivity index (χ3v) is 5.10. The number of piperidine rings is 1. The molecule has 0 radical (unpaired) electrons. The lowest BCUT2D eigenvalue weighted by molar-refractivity contribution is -0.385. The van der Waals surface area contributed by atoms with Crippen LogP contribution in [0.2, 0.25) is 0 Å². The zero-order valence-corrected chi connectivity index (χ0v) is 15.4. The molecule has 25 heavy (non-hydrogen) atoms. The van der Waals surface area contributed by atoms with Gasteiger partial charge in [0.2, 0.25) is 5.91 Å². The fourth-order valence-corrected chi connectivity index (χ4v) is 3.44. The highest BCUT2D eigenvalue weighted by atomic mass is 16.6. The number of hydrogen-bond donors (Lipinski definition) is 1. The van der Waals surface area contributed by atoms with Crippen molar-refractivity contribution in [2.45, 2.75) is 46.1 Å². The molecule has 1 aliphatic rings. The Morgan fingerprint density at radius 1 is 1.32 bits per heavy atom. The standard InChI is InChI=1S/C19H29N3O3/c1-14(2)18(21-10-8-15(3)9-11-21)13-20-19(23)12-16-6-4-5-7-17(16)22(24)25/h4-7,14-15,18H,8-13H2,1-3H3,(H,20,23)/t18-/m1/s1. The first-order valence-corrected chi connectivity index (χ1v) is 9.11. The zero-order chi connectivity index (χ0) is 18.4. The normalized spacial score (nSPS) is 17.4. The van der Waals surface area contributed by atoms with Crippen LogP contribution in [0.3, 0.4) is 0 Å². The lowest BCUT2D eigenvalue weighted by Crippen LogP contribution is -2.49. The van der Waals surface area contributed by atoms with Crippen LogP contribution >= 0.6 is 0 Å². The largest absolute Gasteiger partial charge is 0.354 e. The van der Waals surface area contributed by atoms with Gasteiger partial charge in [-0.15, -0.1) is 0 Å². The molecule has 1 aromatic rings. The van der Waals surface area contributed by atoms with E-state index in [9.17, 15) is 14.9 Å². The van der Waals surface area contributed by atoms with Crippen LogP contribution < -0.4 is 5.32 Å². The molecule has 1 saturated heterocycles. The highest BCUT2D eigenvalue weighted by Gasteiger charge is 2.26. The number of rotatable bonds is 7. The van der Waals surface area contributed by atoms with Gasteiger partial charge in [0.1, 0.15) is 0 Å². The molecule has 1 amide bonds. The monoisotopic (exact) mass is 347 g/mol. The Balaban J connectivity index is 1.92. The minimum atomic E-state index is -0.436. The minimum Gasteiger partial charge on any atom is -0.354 e. The van der Waals surface area contributed by atoms with E-state index >= 15 is 0 Å². The van der Waals surface area contributed by atoms with Gasteiger partial charge in [-0.3, -0.25) is 19.8 Å². The van der Waals surface area contributed by atoms with Gasteiger partial charge in [0.05, 0.1) is 11.3 Å². The Morgan fingerprint density at radius 2 is 1.96 bits per heavy atom. The molecule has 1 atom stereocenters. The van der Waals surface area contributed by atoms with Crippen molar-refractivity contribution >= 4 is 11.6 Å². The number of carbonyl (C=O) groups is 1. The van der Waals surface area contributed by atoms with E-state index in [0.717, 1.165) is 19.0 Å². The molecule has 0 saturated carbocycles. The van der Waals surface area contributed by atoms with Crippen molar-refractivity contribution in [1.82, 2.24) is 10.2 Å². The molecule has 0 unspecified atom stereocenters. The van der Waals surface area contributed by atoms with Gasteiger partial charge < -0.3 is 5.32 Å². The van der Waals surface area contributed by atoms with Gasteiger partial charge in [0.15, 0.2) is 0 Å². The van der Waals surface area contributed by atoms with Gasteiger partial charge in [-0.1, -0.05) is 39.0 Å². The summed E-state index contributed by atoms with van der Waals surface area (Å²) in [5, 5.41) is 14.0. The molecule has 6 heteroatoms. The van der Waals surface area contributed by atoms with Crippen LogP contribution in [-0.2, 0) is 11.2 Å². The van der Waals surface area contributed by atoms with Crippen LogP contribution in [0.5, 0.6) is 0 Å². The number of benzene rings is 1. The summed E-state index contributed by atoms with van der Waals surface area (Å²) < 4.78 is 0. The SMILES string of the molecule is CC1CCN([C@H](CNC(=O)Cc2ccccc2[N+](=O)[O-])C(C)C)CC1. The number of para-hydroxylation sites is 1. The molecule has 6 nitrogen and oxygen atoms in total. The number of nitro benzene ring substituents is 1. The van der Waals surface area contributed by atoms with E-state index in [1.165, 1.54) is 18.9 Å². The van der Waals surface area contributed by atoms with Crippen molar-refractivity contribution in [3.05, 3.63) is 39.9 Å². The van der Waals surface area contributed by atoms with Crippen LogP contribution in [0.15, 0.2) is 24.3 Å². The summed E-state index contributed by atoms with van der Waals surface area (Å²) in [6.45, 7) is 9.38. The second kappa shape index (κ2) is 8.94. The fraction of sp³-hybridized carbons (Fsp3) is 0.632. The van der Waals surface area contributed by atoms with Crippen molar-refractivity contribution < 1.29 is 9.72 Å². The van der Waals surface area contributed by atoms with Gasteiger partial charge in [-0.2, -0.15) is 0 Å². The number of nitrogens with zero attached hydrogens (tertiary/aromatic N) is 2. The van der Waals surface area contributed by atoms with Crippen LogP contribution in [0.25, 0.3) is 0 Å². The summed E-state index contributed by atoms with van der Waals surface area (Å²) in [4.78, 5) is 25.4. The second-order valence-electron chi connectivity index (χ2n) is 7.40. The predicted molar refractivity (Wildman–Crippen MR) is 98.4 cm³/mol. The molecule has 1 N–H and O–H groups in total. The van der Waals surface area contributed by atoms with Crippen molar-refractivity contribution in [3.8, 4) is 0 Å². The lowest BCUT2D eigenvalue weighted by Gasteiger charge is -2.38. The second-order valence-corrected chi connectivity index (χ2v) is 7.40. The quantitative estimate of drug-likeness (QED) is 0.608. The third-order valence-electron chi connectivity index (χ3n) is 5.10. The zero-order valence-electron chi connectivity index (χ0n) is 15.4. The van der Waals surface area contributed by atoms with Crippen LogP contribution in [0.1, 0.15) is 39.2 Å². The maximum Gasteiger partial charge on any atom is 0.273 e. The molecular weight excluding hydrogens is 318 g/mol. The Labute approximate surface area is 149 Å². The van der Waals surface area contributed by atoms with Crippen molar-refractivity contribution in [2.75, 3.05) is 19.6 Å². The van der Waals surface area contributed by atoms with E-state index in [1.807, 2.05) is 0 Å². The molecule has 138 valence electrons. The summed E-state index contributed by atoms with van der Waals surface area (Å²) >= 11 is 0. The lowest BCUT2D eigenvalue weighted by atomic mass is 9.94. The summed E-state index contributed by atoms with van der Waals surface area (Å²) in [5.74, 6) is 1.06. The van der Waals surface area contributed by atoms with E-state index in [-0.39, 0.29) is 18.0 Å². The highest BCUT2D eigenvalue weighted by Crippen LogP contribution is 2.21. The first-order chi connectivity index (χ1) is 11.9. The molecule has 1 aliphatic heterocycles. The smallest absolute Gasteiger partial charge is 0.273 e. The average molecular weight is 347 g/mol. The number of carbonyl (C=O) groups excluding carboxylic acids is 1. The number of hydrogen-bond acceptors (Lipinski definition) is 4. The van der Waals surface area contributed by atoms with Gasteiger partial charge in [0, 0.05) is 24.2 Å². The summed E-state index contributed by atoms with van der Waals surface area (Å²) in [7, 11) is 0. The Kier molecular flexibility index (Phi) is 6.93. The maximum atomic E-state index is 12.3. The van der Waals surface area contributed by atoms with E-state index in [1.54, 1.807) is 18.2 Å². The Hall–Kier alpha value is -1.95. The van der Waals surface area contributed by atoms with Gasteiger partial charge >= 0.3 is 0 Å². The average Bonchev–Trinajstić information content (AvgIpc) is 2.56. The Morgan fingerprint density at radius 3 is 2.56 bits per heavy atom.